The lowest BCUT2D eigenvalue weighted by atomic mass is 10.1. The first kappa shape index (κ1) is 16.7. The molecule has 0 bridgehead atoms. The molecule has 0 spiro atoms. The summed E-state index contributed by atoms with van der Waals surface area (Å²) in [7, 11) is 0. The number of fused-ring (bicyclic) bond motifs is 4. The number of hydrogen-bond acceptors (Lipinski definition) is 5. The Morgan fingerprint density at radius 3 is 2.78 bits per heavy atom. The summed E-state index contributed by atoms with van der Waals surface area (Å²) in [6.07, 6.45) is -1.17. The van der Waals surface area contributed by atoms with Gasteiger partial charge in [0.25, 0.3) is 0 Å². The van der Waals surface area contributed by atoms with Gasteiger partial charge in [-0.15, -0.1) is 10.2 Å². The summed E-state index contributed by atoms with van der Waals surface area (Å²) >= 11 is 0. The molecule has 5 rings (SSSR count). The average Bonchev–Trinajstić information content (AvgIpc) is 3.28. The molecule has 3 aromatic rings. The Labute approximate surface area is 151 Å². The minimum absolute atomic E-state index is 0.131. The number of nitrogens with zero attached hydrogens (tertiary/aromatic N) is 6. The van der Waals surface area contributed by atoms with E-state index >= 15 is 0 Å². The number of anilines is 1. The summed E-state index contributed by atoms with van der Waals surface area (Å²) < 4.78 is 54.8. The smallest absolute Gasteiger partial charge is 0.351 e. The van der Waals surface area contributed by atoms with Crippen LogP contribution in [0.4, 0.5) is 23.4 Å². The Morgan fingerprint density at radius 1 is 1.11 bits per heavy atom. The third kappa shape index (κ3) is 2.61. The normalized spacial score (nSPS) is 21.3. The quantitative estimate of drug-likeness (QED) is 0.608. The molecule has 1 atom stereocenters. The zero-order chi connectivity index (χ0) is 18.8. The van der Waals surface area contributed by atoms with Crippen molar-refractivity contribution in [1.29, 1.82) is 0 Å². The van der Waals surface area contributed by atoms with E-state index in [1.165, 1.54) is 10.7 Å². The van der Waals surface area contributed by atoms with Crippen LogP contribution in [0.25, 0.3) is 16.7 Å². The average molecular weight is 380 g/mol. The number of aromatic nitrogens is 4. The lowest BCUT2D eigenvalue weighted by Crippen LogP contribution is -2.50. The predicted molar refractivity (Wildman–Crippen MR) is 90.1 cm³/mol. The molecule has 2 aliphatic heterocycles. The zero-order valence-electron chi connectivity index (χ0n) is 14.2. The van der Waals surface area contributed by atoms with E-state index in [4.69, 9.17) is 0 Å². The monoisotopic (exact) mass is 380 g/mol. The molecular formula is C17H16F4N6. The van der Waals surface area contributed by atoms with E-state index in [2.05, 4.69) is 25.0 Å². The number of rotatable bonds is 1. The Balaban J connectivity index is 1.66. The van der Waals surface area contributed by atoms with E-state index in [1.807, 2.05) is 0 Å². The molecule has 142 valence electrons. The summed E-state index contributed by atoms with van der Waals surface area (Å²) in [6, 6.07) is 2.04. The molecule has 0 radical (unpaired) electrons. The van der Waals surface area contributed by atoms with Crippen LogP contribution in [-0.2, 0) is 6.18 Å². The summed E-state index contributed by atoms with van der Waals surface area (Å²) in [5.41, 5.74) is -0.656. The van der Waals surface area contributed by atoms with Gasteiger partial charge in [0.2, 0.25) is 5.65 Å². The Hall–Kier alpha value is -2.49. The molecule has 2 fully saturated rings. The fraction of sp³-hybridized carbons (Fsp3) is 0.471. The van der Waals surface area contributed by atoms with Crippen LogP contribution in [-0.4, -0.2) is 56.7 Å². The molecule has 0 N–H and O–H groups in total. The van der Waals surface area contributed by atoms with Gasteiger partial charge in [0.05, 0.1) is 16.6 Å². The summed E-state index contributed by atoms with van der Waals surface area (Å²) in [6.45, 7) is 3.49. The number of halogens is 4. The van der Waals surface area contributed by atoms with Gasteiger partial charge < -0.3 is 4.90 Å². The minimum Gasteiger partial charge on any atom is -0.351 e. The maximum atomic E-state index is 14.1. The van der Waals surface area contributed by atoms with Crippen LogP contribution in [0.1, 0.15) is 18.4 Å². The molecule has 1 unspecified atom stereocenters. The Morgan fingerprint density at radius 2 is 1.96 bits per heavy atom. The van der Waals surface area contributed by atoms with Crippen molar-refractivity contribution < 1.29 is 17.6 Å². The van der Waals surface area contributed by atoms with Crippen molar-refractivity contribution in [1.82, 2.24) is 24.5 Å². The van der Waals surface area contributed by atoms with E-state index in [0.717, 1.165) is 51.2 Å². The van der Waals surface area contributed by atoms with Crippen LogP contribution in [0.15, 0.2) is 18.5 Å². The van der Waals surface area contributed by atoms with Crippen LogP contribution in [0, 0.1) is 5.82 Å². The van der Waals surface area contributed by atoms with E-state index in [-0.39, 0.29) is 11.0 Å². The number of hydrogen-bond donors (Lipinski definition) is 0. The van der Waals surface area contributed by atoms with Crippen molar-refractivity contribution in [3.63, 3.8) is 0 Å². The van der Waals surface area contributed by atoms with Crippen LogP contribution in [0.2, 0.25) is 0 Å². The summed E-state index contributed by atoms with van der Waals surface area (Å²) in [5, 5.41) is 7.91. The van der Waals surface area contributed by atoms with Crippen molar-refractivity contribution in [2.24, 2.45) is 0 Å². The van der Waals surface area contributed by atoms with Crippen molar-refractivity contribution in [3.8, 4) is 0 Å². The van der Waals surface area contributed by atoms with Gasteiger partial charge in [0.15, 0.2) is 5.82 Å². The predicted octanol–water partition coefficient (Wildman–Crippen LogP) is 2.72. The molecule has 2 aromatic heterocycles. The lowest BCUT2D eigenvalue weighted by molar-refractivity contribution is -0.139. The van der Waals surface area contributed by atoms with Crippen LogP contribution in [0.5, 0.6) is 0 Å². The molecule has 0 amide bonds. The summed E-state index contributed by atoms with van der Waals surface area (Å²) in [5.74, 6) is -0.799. The largest absolute Gasteiger partial charge is 0.419 e. The van der Waals surface area contributed by atoms with Crippen molar-refractivity contribution in [2.45, 2.75) is 25.1 Å². The SMILES string of the molecule is Fc1cc2nc(N3CCN4CCCC4C3)c3nncn3c2cc1C(F)(F)F. The van der Waals surface area contributed by atoms with Gasteiger partial charge in [-0.05, 0) is 25.5 Å². The van der Waals surface area contributed by atoms with E-state index < -0.39 is 17.6 Å². The van der Waals surface area contributed by atoms with Crippen LogP contribution >= 0.6 is 0 Å². The molecule has 0 saturated carbocycles. The molecule has 6 nitrogen and oxygen atoms in total. The highest BCUT2D eigenvalue weighted by molar-refractivity contribution is 5.83. The van der Waals surface area contributed by atoms with Gasteiger partial charge in [-0.25, -0.2) is 9.37 Å². The van der Waals surface area contributed by atoms with Gasteiger partial charge in [0.1, 0.15) is 12.1 Å². The van der Waals surface area contributed by atoms with Crippen LogP contribution < -0.4 is 4.90 Å². The van der Waals surface area contributed by atoms with Gasteiger partial charge in [0, 0.05) is 31.7 Å². The van der Waals surface area contributed by atoms with E-state index in [9.17, 15) is 17.6 Å². The van der Waals surface area contributed by atoms with Gasteiger partial charge in [-0.2, -0.15) is 13.2 Å². The summed E-state index contributed by atoms with van der Waals surface area (Å²) in [4.78, 5) is 8.99. The lowest BCUT2D eigenvalue weighted by Gasteiger charge is -2.38. The fourth-order valence-electron chi connectivity index (χ4n) is 4.17. The van der Waals surface area contributed by atoms with Crippen molar-refractivity contribution in [2.75, 3.05) is 31.1 Å². The molecule has 1 aromatic carbocycles. The van der Waals surface area contributed by atoms with Crippen LogP contribution in [0.3, 0.4) is 0 Å². The van der Waals surface area contributed by atoms with E-state index in [0.29, 0.717) is 17.5 Å². The van der Waals surface area contributed by atoms with E-state index in [1.54, 1.807) is 0 Å². The third-order valence-electron chi connectivity index (χ3n) is 5.49. The fourth-order valence-corrected chi connectivity index (χ4v) is 4.17. The molecule has 2 saturated heterocycles. The Kier molecular flexibility index (Phi) is 3.55. The minimum atomic E-state index is -4.78. The highest BCUT2D eigenvalue weighted by Crippen LogP contribution is 2.35. The zero-order valence-corrected chi connectivity index (χ0v) is 14.2. The number of alkyl halides is 3. The first-order valence-electron chi connectivity index (χ1n) is 8.81. The molecule has 10 heteroatoms. The first-order chi connectivity index (χ1) is 12.9. The number of piperazine rings is 1. The molecule has 4 heterocycles. The molecule has 27 heavy (non-hydrogen) atoms. The topological polar surface area (TPSA) is 49.6 Å². The Bertz CT molecular complexity index is 1030. The number of benzene rings is 1. The third-order valence-corrected chi connectivity index (χ3v) is 5.49. The maximum Gasteiger partial charge on any atom is 0.419 e. The van der Waals surface area contributed by atoms with Gasteiger partial charge in [-0.1, -0.05) is 0 Å². The standard InChI is InChI=1S/C17H16F4N6/c18-12-7-13-14(6-11(12)17(19,20)21)27-9-22-24-16(27)15(23-13)26-5-4-25-3-1-2-10(25)8-26/h6-7,9-10H,1-5,8H2. The molecule has 0 aliphatic carbocycles. The second-order valence-electron chi connectivity index (χ2n) is 7.06. The van der Waals surface area contributed by atoms with Crippen molar-refractivity contribution in [3.05, 3.63) is 29.8 Å². The maximum absolute atomic E-state index is 14.1. The highest BCUT2D eigenvalue weighted by atomic mass is 19.4. The van der Waals surface area contributed by atoms with Crippen molar-refractivity contribution >= 4 is 22.5 Å². The highest BCUT2D eigenvalue weighted by Gasteiger charge is 2.36. The van der Waals surface area contributed by atoms with Gasteiger partial charge >= 0.3 is 6.18 Å². The molecule has 2 aliphatic rings. The molecular weight excluding hydrogens is 364 g/mol. The second-order valence-corrected chi connectivity index (χ2v) is 7.06. The van der Waals surface area contributed by atoms with Gasteiger partial charge in [-0.3, -0.25) is 9.30 Å². The first-order valence-corrected chi connectivity index (χ1v) is 8.81. The second kappa shape index (κ2) is 5.75.